The van der Waals surface area contributed by atoms with Gasteiger partial charge in [0.15, 0.2) is 0 Å². The first kappa shape index (κ1) is 15.3. The van der Waals surface area contributed by atoms with Crippen LogP contribution in [0.1, 0.15) is 65.7 Å². The van der Waals surface area contributed by atoms with Gasteiger partial charge in [-0.05, 0) is 76.4 Å². The van der Waals surface area contributed by atoms with Crippen molar-refractivity contribution in [3.63, 3.8) is 0 Å². The minimum absolute atomic E-state index is 0.800. The number of nitrogens with one attached hydrogen (secondary N) is 1. The van der Waals surface area contributed by atoms with Gasteiger partial charge in [0.25, 0.3) is 0 Å². The first-order valence-electron chi connectivity index (χ1n) is 8.68. The van der Waals surface area contributed by atoms with Crippen molar-refractivity contribution in [2.45, 2.75) is 77.8 Å². The molecule has 0 aromatic heterocycles. The maximum Gasteiger partial charge on any atom is 0.0111 e. The number of likely N-dealkylation sites (tertiary alicyclic amines) is 1. The maximum atomic E-state index is 3.72. The number of rotatable bonds is 5. The molecule has 3 atom stereocenters. The highest BCUT2D eigenvalue weighted by molar-refractivity contribution is 4.88. The molecule has 0 amide bonds. The van der Waals surface area contributed by atoms with Crippen LogP contribution in [0.3, 0.4) is 0 Å². The van der Waals surface area contributed by atoms with E-state index >= 15 is 0 Å². The second-order valence-corrected chi connectivity index (χ2v) is 7.09. The minimum Gasteiger partial charge on any atom is -0.314 e. The van der Waals surface area contributed by atoms with Gasteiger partial charge in [0, 0.05) is 12.1 Å². The lowest BCUT2D eigenvalue weighted by molar-refractivity contribution is 0.198. The molecular weight excluding hydrogens is 232 g/mol. The van der Waals surface area contributed by atoms with Crippen molar-refractivity contribution >= 4 is 0 Å². The van der Waals surface area contributed by atoms with E-state index < -0.39 is 0 Å². The molecule has 2 heteroatoms. The van der Waals surface area contributed by atoms with E-state index in [1.807, 2.05) is 0 Å². The summed E-state index contributed by atoms with van der Waals surface area (Å²) in [5.41, 5.74) is 0. The highest BCUT2D eigenvalue weighted by atomic mass is 15.2. The molecule has 0 spiro atoms. The van der Waals surface area contributed by atoms with Gasteiger partial charge < -0.3 is 10.2 Å². The van der Waals surface area contributed by atoms with Crippen molar-refractivity contribution in [3.8, 4) is 0 Å². The molecule has 2 fully saturated rings. The van der Waals surface area contributed by atoms with Crippen LogP contribution in [-0.4, -0.2) is 36.6 Å². The summed E-state index contributed by atoms with van der Waals surface area (Å²) in [5.74, 6) is 1.85. The Morgan fingerprint density at radius 3 is 2.68 bits per heavy atom. The third-order valence-corrected chi connectivity index (χ3v) is 5.35. The van der Waals surface area contributed by atoms with Gasteiger partial charge in [0.1, 0.15) is 0 Å². The third-order valence-electron chi connectivity index (χ3n) is 5.35. The fraction of sp³-hybridized carbons (Fsp3) is 1.00. The second kappa shape index (κ2) is 7.64. The molecule has 0 aromatic rings. The highest BCUT2D eigenvalue weighted by Gasteiger charge is 2.30. The zero-order chi connectivity index (χ0) is 13.7. The van der Waals surface area contributed by atoms with E-state index in [0.717, 1.165) is 23.9 Å². The van der Waals surface area contributed by atoms with Gasteiger partial charge in [-0.3, -0.25) is 0 Å². The van der Waals surface area contributed by atoms with Crippen molar-refractivity contribution in [2.24, 2.45) is 11.8 Å². The largest absolute Gasteiger partial charge is 0.314 e. The summed E-state index contributed by atoms with van der Waals surface area (Å²) in [7, 11) is 0. The van der Waals surface area contributed by atoms with E-state index in [2.05, 4.69) is 31.0 Å². The average Bonchev–Trinajstić information content (AvgIpc) is 2.71. The average molecular weight is 266 g/mol. The van der Waals surface area contributed by atoms with Crippen molar-refractivity contribution in [1.29, 1.82) is 0 Å². The van der Waals surface area contributed by atoms with Gasteiger partial charge in [-0.1, -0.05) is 20.8 Å². The van der Waals surface area contributed by atoms with Crippen LogP contribution >= 0.6 is 0 Å². The van der Waals surface area contributed by atoms with Gasteiger partial charge >= 0.3 is 0 Å². The maximum absolute atomic E-state index is 3.72. The minimum atomic E-state index is 0.800. The van der Waals surface area contributed by atoms with Crippen molar-refractivity contribution in [1.82, 2.24) is 10.2 Å². The lowest BCUT2D eigenvalue weighted by atomic mass is 9.89. The van der Waals surface area contributed by atoms with Crippen molar-refractivity contribution in [3.05, 3.63) is 0 Å². The van der Waals surface area contributed by atoms with Crippen LogP contribution in [0.4, 0.5) is 0 Å². The Labute approximate surface area is 120 Å². The van der Waals surface area contributed by atoms with Crippen LogP contribution in [0.25, 0.3) is 0 Å². The molecule has 0 aromatic carbocycles. The van der Waals surface area contributed by atoms with Crippen LogP contribution in [-0.2, 0) is 0 Å². The molecule has 2 rings (SSSR count). The monoisotopic (exact) mass is 266 g/mol. The molecule has 2 nitrogen and oxygen atoms in total. The zero-order valence-corrected chi connectivity index (χ0v) is 13.3. The Hall–Kier alpha value is -0.0800. The van der Waals surface area contributed by atoms with Crippen LogP contribution in [0.2, 0.25) is 0 Å². The molecule has 1 saturated carbocycles. The molecule has 0 radical (unpaired) electrons. The molecule has 2 aliphatic rings. The van der Waals surface area contributed by atoms with E-state index in [9.17, 15) is 0 Å². The molecule has 1 aliphatic carbocycles. The van der Waals surface area contributed by atoms with Gasteiger partial charge in [-0.25, -0.2) is 0 Å². The molecule has 1 heterocycles. The molecule has 3 unspecified atom stereocenters. The molecule has 1 aliphatic heterocycles. The Kier molecular flexibility index (Phi) is 6.15. The molecule has 0 bridgehead atoms. The normalized spacial score (nSPS) is 33.8. The standard InChI is InChI=1S/C17H34N2/c1-4-10-18-16-7-8-17(13-16)19-11-5-6-15(9-12-19)14(2)3/h14-18H,4-13H2,1-3H3. The lowest BCUT2D eigenvalue weighted by Gasteiger charge is -2.28. The summed E-state index contributed by atoms with van der Waals surface area (Å²) < 4.78 is 0. The Morgan fingerprint density at radius 2 is 1.95 bits per heavy atom. The number of hydrogen-bond donors (Lipinski definition) is 1. The SMILES string of the molecule is CCCNC1CCC(N2CCCC(C(C)C)CC2)C1. The molecule has 1 saturated heterocycles. The quantitative estimate of drug-likeness (QED) is 0.817. The second-order valence-electron chi connectivity index (χ2n) is 7.09. The first-order valence-corrected chi connectivity index (χ1v) is 8.68. The van der Waals surface area contributed by atoms with E-state index in [1.54, 1.807) is 0 Å². The first-order chi connectivity index (χ1) is 9.20. The van der Waals surface area contributed by atoms with Crippen molar-refractivity contribution < 1.29 is 0 Å². The fourth-order valence-electron chi connectivity index (χ4n) is 4.00. The van der Waals surface area contributed by atoms with E-state index in [0.29, 0.717) is 0 Å². The lowest BCUT2D eigenvalue weighted by Crippen LogP contribution is -2.36. The van der Waals surface area contributed by atoms with Crippen LogP contribution in [0.15, 0.2) is 0 Å². The van der Waals surface area contributed by atoms with Crippen molar-refractivity contribution in [2.75, 3.05) is 19.6 Å². The van der Waals surface area contributed by atoms with Gasteiger partial charge in [-0.15, -0.1) is 0 Å². The van der Waals surface area contributed by atoms with Gasteiger partial charge in [0.05, 0.1) is 0 Å². The molecule has 19 heavy (non-hydrogen) atoms. The summed E-state index contributed by atoms with van der Waals surface area (Å²) in [6.45, 7) is 11.0. The predicted octanol–water partition coefficient (Wildman–Crippen LogP) is 3.67. The summed E-state index contributed by atoms with van der Waals surface area (Å²) in [5, 5.41) is 3.72. The molecule has 112 valence electrons. The summed E-state index contributed by atoms with van der Waals surface area (Å²) in [6.07, 6.45) is 9.79. The predicted molar refractivity (Wildman–Crippen MR) is 83.5 cm³/mol. The topological polar surface area (TPSA) is 15.3 Å². The Bertz CT molecular complexity index is 252. The van der Waals surface area contributed by atoms with Crippen LogP contribution in [0.5, 0.6) is 0 Å². The van der Waals surface area contributed by atoms with Crippen LogP contribution < -0.4 is 5.32 Å². The number of hydrogen-bond acceptors (Lipinski definition) is 2. The van der Waals surface area contributed by atoms with E-state index in [1.165, 1.54) is 64.6 Å². The summed E-state index contributed by atoms with van der Waals surface area (Å²) >= 11 is 0. The zero-order valence-electron chi connectivity index (χ0n) is 13.3. The molecular formula is C17H34N2. The summed E-state index contributed by atoms with van der Waals surface area (Å²) in [6, 6.07) is 1.68. The van der Waals surface area contributed by atoms with E-state index in [4.69, 9.17) is 0 Å². The fourth-order valence-corrected chi connectivity index (χ4v) is 4.00. The number of nitrogens with zero attached hydrogens (tertiary/aromatic N) is 1. The van der Waals surface area contributed by atoms with Gasteiger partial charge in [-0.2, -0.15) is 0 Å². The van der Waals surface area contributed by atoms with Crippen LogP contribution in [0, 0.1) is 11.8 Å². The van der Waals surface area contributed by atoms with E-state index in [-0.39, 0.29) is 0 Å². The highest BCUT2D eigenvalue weighted by Crippen LogP contribution is 2.30. The van der Waals surface area contributed by atoms with Gasteiger partial charge in [0.2, 0.25) is 0 Å². The Balaban J connectivity index is 1.76. The third kappa shape index (κ3) is 4.46. The Morgan fingerprint density at radius 1 is 1.11 bits per heavy atom. The summed E-state index contributed by atoms with van der Waals surface area (Å²) in [4.78, 5) is 2.82. The smallest absolute Gasteiger partial charge is 0.0111 e. The molecule has 1 N–H and O–H groups in total.